The van der Waals surface area contributed by atoms with Crippen molar-refractivity contribution in [2.75, 3.05) is 6.61 Å². The van der Waals surface area contributed by atoms with Crippen molar-refractivity contribution in [1.29, 1.82) is 0 Å². The second-order valence-corrected chi connectivity index (χ2v) is 6.83. The lowest BCUT2D eigenvalue weighted by molar-refractivity contribution is 0.0646. The number of rotatable bonds is 2. The number of thiophene rings is 1. The van der Waals surface area contributed by atoms with Crippen molar-refractivity contribution in [2.45, 2.75) is 19.5 Å². The van der Waals surface area contributed by atoms with Gasteiger partial charge in [0.15, 0.2) is 0 Å². The predicted molar refractivity (Wildman–Crippen MR) is 96.6 cm³/mol. The summed E-state index contributed by atoms with van der Waals surface area (Å²) in [4.78, 5) is 22.9. The lowest BCUT2D eigenvalue weighted by Crippen LogP contribution is -2.39. The number of aromatic nitrogens is 2. The molecule has 0 aliphatic carbocycles. The number of carbonyl (C=O) groups is 1. The Hall–Kier alpha value is -2.73. The van der Waals surface area contributed by atoms with Crippen molar-refractivity contribution in [3.05, 3.63) is 64.9 Å². The topological polar surface area (TPSA) is 55.3 Å². The molecule has 4 rings (SSSR count). The van der Waals surface area contributed by atoms with Crippen LogP contribution in [0.3, 0.4) is 0 Å². The van der Waals surface area contributed by atoms with E-state index in [0.29, 0.717) is 13.2 Å². The van der Waals surface area contributed by atoms with Gasteiger partial charge in [-0.3, -0.25) is 4.79 Å². The Labute approximate surface area is 149 Å². The first kappa shape index (κ1) is 15.8. The summed E-state index contributed by atoms with van der Waals surface area (Å²) in [6.45, 7) is 3.02. The molecule has 0 spiro atoms. The van der Waals surface area contributed by atoms with E-state index in [2.05, 4.69) is 16.0 Å². The highest BCUT2D eigenvalue weighted by Gasteiger charge is 2.27. The molecule has 0 fully saturated rings. The molecule has 0 unspecified atom stereocenters. The van der Waals surface area contributed by atoms with Gasteiger partial charge in [-0.2, -0.15) is 11.3 Å². The first-order chi connectivity index (χ1) is 12.2. The number of hydrogen-bond acceptors (Lipinski definition) is 5. The zero-order chi connectivity index (χ0) is 17.2. The third-order valence-corrected chi connectivity index (χ3v) is 5.02. The van der Waals surface area contributed by atoms with Gasteiger partial charge in [0.1, 0.15) is 18.7 Å². The third kappa shape index (κ3) is 3.13. The molecule has 0 saturated heterocycles. The van der Waals surface area contributed by atoms with Gasteiger partial charge in [0.25, 0.3) is 5.91 Å². The molecule has 2 aromatic heterocycles. The number of fused-ring (bicyclic) bond motifs is 1. The molecule has 1 amide bonds. The van der Waals surface area contributed by atoms with Crippen molar-refractivity contribution in [3.63, 3.8) is 0 Å². The van der Waals surface area contributed by atoms with E-state index in [4.69, 9.17) is 4.74 Å². The van der Waals surface area contributed by atoms with E-state index in [-0.39, 0.29) is 11.9 Å². The summed E-state index contributed by atoms with van der Waals surface area (Å²) in [7, 11) is 0. The van der Waals surface area contributed by atoms with Crippen LogP contribution in [0, 0.1) is 0 Å². The predicted octanol–water partition coefficient (Wildman–Crippen LogP) is 3.63. The van der Waals surface area contributed by atoms with Gasteiger partial charge in [0.2, 0.25) is 0 Å². The Kier molecular flexibility index (Phi) is 4.19. The lowest BCUT2D eigenvalue weighted by Gasteiger charge is -2.26. The molecule has 1 aliphatic heterocycles. The van der Waals surface area contributed by atoms with Crippen LogP contribution in [0.4, 0.5) is 0 Å². The number of amides is 1. The van der Waals surface area contributed by atoms with Crippen molar-refractivity contribution in [1.82, 2.24) is 14.9 Å². The molecule has 3 heterocycles. The Balaban J connectivity index is 1.68. The van der Waals surface area contributed by atoms with Crippen LogP contribution in [0.15, 0.2) is 53.7 Å². The average molecular weight is 351 g/mol. The summed E-state index contributed by atoms with van der Waals surface area (Å²) < 4.78 is 5.93. The van der Waals surface area contributed by atoms with Crippen LogP contribution >= 0.6 is 11.3 Å². The van der Waals surface area contributed by atoms with E-state index < -0.39 is 0 Å². The minimum absolute atomic E-state index is 0.00306. The largest absolute Gasteiger partial charge is 0.491 e. The van der Waals surface area contributed by atoms with Gasteiger partial charge < -0.3 is 9.64 Å². The zero-order valence-corrected chi connectivity index (χ0v) is 14.6. The number of ether oxygens (including phenoxy) is 1. The summed E-state index contributed by atoms with van der Waals surface area (Å²) in [5.74, 6) is 0.867. The fourth-order valence-corrected chi connectivity index (χ4v) is 3.56. The van der Waals surface area contributed by atoms with Crippen LogP contribution in [0.25, 0.3) is 11.1 Å². The zero-order valence-electron chi connectivity index (χ0n) is 13.8. The molecule has 0 N–H and O–H groups in total. The van der Waals surface area contributed by atoms with Crippen LogP contribution in [-0.2, 0) is 6.54 Å². The van der Waals surface area contributed by atoms with Gasteiger partial charge in [0, 0.05) is 28.9 Å². The standard InChI is InChI=1S/C19H17N3O2S/c1-13-10-24-18-3-2-14(17-7-20-12-21-8-17)6-16(18)9-22(13)19(23)15-4-5-25-11-15/h2-8,11-13H,9-10H2,1H3/t13-/m1/s1. The Morgan fingerprint density at radius 1 is 1.24 bits per heavy atom. The van der Waals surface area contributed by atoms with Gasteiger partial charge in [0.05, 0.1) is 18.2 Å². The minimum atomic E-state index is 0.00306. The molecule has 3 aromatic rings. The summed E-state index contributed by atoms with van der Waals surface area (Å²) in [5, 5.41) is 3.81. The molecule has 5 nitrogen and oxygen atoms in total. The summed E-state index contributed by atoms with van der Waals surface area (Å²) in [6, 6.07) is 7.88. The SMILES string of the molecule is C[C@@H]1COc2ccc(-c3cncnc3)cc2CN1C(=O)c1ccsc1. The molecular weight excluding hydrogens is 334 g/mol. The van der Waals surface area contributed by atoms with Crippen molar-refractivity contribution >= 4 is 17.2 Å². The highest BCUT2D eigenvalue weighted by molar-refractivity contribution is 7.08. The second-order valence-electron chi connectivity index (χ2n) is 6.05. The van der Waals surface area contributed by atoms with Gasteiger partial charge in [-0.15, -0.1) is 0 Å². The minimum Gasteiger partial charge on any atom is -0.491 e. The highest BCUT2D eigenvalue weighted by Crippen LogP contribution is 2.30. The van der Waals surface area contributed by atoms with Gasteiger partial charge in [-0.1, -0.05) is 6.07 Å². The normalized spacial score (nSPS) is 16.7. The molecule has 0 saturated carbocycles. The van der Waals surface area contributed by atoms with Crippen LogP contribution in [-0.4, -0.2) is 33.4 Å². The van der Waals surface area contributed by atoms with Crippen molar-refractivity contribution in [3.8, 4) is 16.9 Å². The number of hydrogen-bond donors (Lipinski definition) is 0. The molecule has 1 atom stereocenters. The molecule has 6 heteroatoms. The van der Waals surface area contributed by atoms with E-state index >= 15 is 0 Å². The number of carbonyl (C=O) groups excluding carboxylic acids is 1. The maximum atomic E-state index is 12.8. The van der Waals surface area contributed by atoms with Gasteiger partial charge in [-0.25, -0.2) is 9.97 Å². The van der Waals surface area contributed by atoms with Crippen molar-refractivity contribution in [2.24, 2.45) is 0 Å². The van der Waals surface area contributed by atoms with Crippen LogP contribution in [0.2, 0.25) is 0 Å². The molecular formula is C19H17N3O2S. The average Bonchev–Trinajstić information content (AvgIpc) is 3.14. The third-order valence-electron chi connectivity index (χ3n) is 4.34. The Morgan fingerprint density at radius 2 is 2.08 bits per heavy atom. The molecule has 1 aliphatic rings. The van der Waals surface area contributed by atoms with E-state index in [1.54, 1.807) is 12.4 Å². The second kappa shape index (κ2) is 6.64. The molecule has 1 aromatic carbocycles. The highest BCUT2D eigenvalue weighted by atomic mass is 32.1. The van der Waals surface area contributed by atoms with E-state index in [1.807, 2.05) is 40.8 Å². The number of nitrogens with zero attached hydrogens (tertiary/aromatic N) is 3. The van der Waals surface area contributed by atoms with Crippen LogP contribution in [0.1, 0.15) is 22.8 Å². The summed E-state index contributed by atoms with van der Waals surface area (Å²) in [6.07, 6.45) is 5.07. The molecule has 0 bridgehead atoms. The maximum absolute atomic E-state index is 12.8. The molecule has 126 valence electrons. The molecule has 0 radical (unpaired) electrons. The van der Waals surface area contributed by atoms with Gasteiger partial charge in [-0.05, 0) is 36.1 Å². The Morgan fingerprint density at radius 3 is 2.84 bits per heavy atom. The fraction of sp³-hybridized carbons (Fsp3) is 0.211. The summed E-state index contributed by atoms with van der Waals surface area (Å²) >= 11 is 1.53. The van der Waals surface area contributed by atoms with Crippen LogP contribution < -0.4 is 4.74 Å². The fourth-order valence-electron chi connectivity index (χ4n) is 2.94. The van der Waals surface area contributed by atoms with Crippen molar-refractivity contribution < 1.29 is 9.53 Å². The van der Waals surface area contributed by atoms with E-state index in [0.717, 1.165) is 28.0 Å². The monoisotopic (exact) mass is 351 g/mol. The summed E-state index contributed by atoms with van der Waals surface area (Å²) in [5.41, 5.74) is 3.68. The smallest absolute Gasteiger partial charge is 0.255 e. The number of benzene rings is 1. The van der Waals surface area contributed by atoms with E-state index in [9.17, 15) is 4.79 Å². The lowest BCUT2D eigenvalue weighted by atomic mass is 10.0. The maximum Gasteiger partial charge on any atom is 0.255 e. The van der Waals surface area contributed by atoms with Gasteiger partial charge >= 0.3 is 0 Å². The first-order valence-corrected chi connectivity index (χ1v) is 9.01. The molecule has 25 heavy (non-hydrogen) atoms. The quantitative estimate of drug-likeness (QED) is 0.707. The first-order valence-electron chi connectivity index (χ1n) is 8.06. The van der Waals surface area contributed by atoms with E-state index in [1.165, 1.54) is 17.7 Å². The van der Waals surface area contributed by atoms with Crippen LogP contribution in [0.5, 0.6) is 5.75 Å². The Bertz CT molecular complexity index is 881.